The van der Waals surface area contributed by atoms with Gasteiger partial charge in [0.05, 0.1) is 0 Å². The van der Waals surface area contributed by atoms with Crippen LogP contribution in [0.3, 0.4) is 0 Å². The van der Waals surface area contributed by atoms with Gasteiger partial charge in [-0.3, -0.25) is 16.0 Å². The van der Waals surface area contributed by atoms with E-state index in [9.17, 15) is 0 Å². The SMILES string of the molecule is Cn1nccc1CCC(CC(C)(C)C)NN. The van der Waals surface area contributed by atoms with Gasteiger partial charge in [-0.05, 0) is 30.7 Å². The summed E-state index contributed by atoms with van der Waals surface area (Å²) >= 11 is 0. The van der Waals surface area contributed by atoms with Crippen LogP contribution in [-0.2, 0) is 13.5 Å². The summed E-state index contributed by atoms with van der Waals surface area (Å²) in [4.78, 5) is 0. The zero-order valence-corrected chi connectivity index (χ0v) is 10.8. The summed E-state index contributed by atoms with van der Waals surface area (Å²) in [5, 5.41) is 4.16. The minimum absolute atomic E-state index is 0.309. The van der Waals surface area contributed by atoms with Gasteiger partial charge in [0.2, 0.25) is 0 Å². The number of nitrogens with one attached hydrogen (secondary N) is 1. The topological polar surface area (TPSA) is 55.9 Å². The van der Waals surface area contributed by atoms with Crippen molar-refractivity contribution in [2.45, 2.75) is 46.1 Å². The van der Waals surface area contributed by atoms with Crippen LogP contribution < -0.4 is 11.3 Å². The molecule has 4 heteroatoms. The van der Waals surface area contributed by atoms with Crippen LogP contribution in [0.1, 0.15) is 39.3 Å². The molecule has 0 amide bonds. The van der Waals surface area contributed by atoms with Crippen LogP contribution in [0.5, 0.6) is 0 Å². The molecule has 1 aromatic rings. The predicted molar refractivity (Wildman–Crippen MR) is 66.7 cm³/mol. The van der Waals surface area contributed by atoms with E-state index in [2.05, 4.69) is 37.4 Å². The molecule has 3 N–H and O–H groups in total. The Morgan fingerprint density at radius 2 is 2.19 bits per heavy atom. The lowest BCUT2D eigenvalue weighted by molar-refractivity contribution is 0.299. The second-order valence-corrected chi connectivity index (χ2v) is 5.61. The molecule has 1 atom stereocenters. The molecule has 1 rings (SSSR count). The van der Waals surface area contributed by atoms with Crippen molar-refractivity contribution in [2.24, 2.45) is 18.3 Å². The van der Waals surface area contributed by atoms with Gasteiger partial charge in [-0.15, -0.1) is 0 Å². The zero-order chi connectivity index (χ0) is 12.2. The Morgan fingerprint density at radius 1 is 1.50 bits per heavy atom. The highest BCUT2D eigenvalue weighted by Gasteiger charge is 2.17. The molecule has 1 unspecified atom stereocenters. The third-order valence-electron chi connectivity index (χ3n) is 2.77. The third kappa shape index (κ3) is 4.33. The first-order valence-electron chi connectivity index (χ1n) is 5.85. The number of aryl methyl sites for hydroxylation is 2. The smallest absolute Gasteiger partial charge is 0.0492 e. The molecule has 0 aromatic carbocycles. The maximum atomic E-state index is 5.59. The number of aromatic nitrogens is 2. The highest BCUT2D eigenvalue weighted by Crippen LogP contribution is 2.22. The van der Waals surface area contributed by atoms with Crippen molar-refractivity contribution in [1.82, 2.24) is 15.2 Å². The Morgan fingerprint density at radius 3 is 2.62 bits per heavy atom. The first-order valence-corrected chi connectivity index (χ1v) is 5.85. The first-order chi connectivity index (χ1) is 7.42. The molecule has 1 aromatic heterocycles. The maximum Gasteiger partial charge on any atom is 0.0492 e. The van der Waals surface area contributed by atoms with Crippen LogP contribution in [0.4, 0.5) is 0 Å². The van der Waals surface area contributed by atoms with Crippen molar-refractivity contribution >= 4 is 0 Å². The molecule has 4 nitrogen and oxygen atoms in total. The van der Waals surface area contributed by atoms with Crippen molar-refractivity contribution in [3.05, 3.63) is 18.0 Å². The average Bonchev–Trinajstić information content (AvgIpc) is 2.57. The van der Waals surface area contributed by atoms with E-state index in [0.29, 0.717) is 11.5 Å². The number of nitrogens with zero attached hydrogens (tertiary/aromatic N) is 2. The zero-order valence-electron chi connectivity index (χ0n) is 10.8. The van der Waals surface area contributed by atoms with Crippen molar-refractivity contribution in [3.8, 4) is 0 Å². The first kappa shape index (κ1) is 13.2. The van der Waals surface area contributed by atoms with Crippen LogP contribution in [0.2, 0.25) is 0 Å². The summed E-state index contributed by atoms with van der Waals surface area (Å²) in [6, 6.07) is 2.43. The predicted octanol–water partition coefficient (Wildman–Crippen LogP) is 1.62. The molecule has 92 valence electrons. The number of hydrogen-bond acceptors (Lipinski definition) is 3. The van der Waals surface area contributed by atoms with Crippen molar-refractivity contribution in [2.75, 3.05) is 0 Å². The van der Waals surface area contributed by atoms with Crippen LogP contribution in [0.25, 0.3) is 0 Å². The van der Waals surface area contributed by atoms with E-state index in [1.165, 1.54) is 5.69 Å². The van der Waals surface area contributed by atoms with E-state index < -0.39 is 0 Å². The number of nitrogens with two attached hydrogens (primary N) is 1. The van der Waals surface area contributed by atoms with E-state index in [4.69, 9.17) is 5.84 Å². The van der Waals surface area contributed by atoms with Gasteiger partial charge in [-0.1, -0.05) is 20.8 Å². The molecule has 0 aliphatic rings. The van der Waals surface area contributed by atoms with Crippen molar-refractivity contribution < 1.29 is 0 Å². The molecule has 0 bridgehead atoms. The van der Waals surface area contributed by atoms with Gasteiger partial charge in [0.15, 0.2) is 0 Å². The highest BCUT2D eigenvalue weighted by atomic mass is 15.3. The molecule has 0 saturated carbocycles. The summed E-state index contributed by atoms with van der Waals surface area (Å²) < 4.78 is 1.92. The molecular formula is C12H24N4. The fourth-order valence-corrected chi connectivity index (χ4v) is 1.95. The van der Waals surface area contributed by atoms with Gasteiger partial charge in [0.25, 0.3) is 0 Å². The van der Waals surface area contributed by atoms with Gasteiger partial charge in [0.1, 0.15) is 0 Å². The van der Waals surface area contributed by atoms with Crippen LogP contribution in [0, 0.1) is 5.41 Å². The van der Waals surface area contributed by atoms with Crippen LogP contribution in [0.15, 0.2) is 12.3 Å². The van der Waals surface area contributed by atoms with Gasteiger partial charge < -0.3 is 0 Å². The number of hydrogen-bond donors (Lipinski definition) is 2. The van der Waals surface area contributed by atoms with E-state index in [1.807, 2.05) is 17.9 Å². The van der Waals surface area contributed by atoms with E-state index in [0.717, 1.165) is 19.3 Å². The fourth-order valence-electron chi connectivity index (χ4n) is 1.95. The molecule has 16 heavy (non-hydrogen) atoms. The Balaban J connectivity index is 2.43. The molecule has 0 saturated heterocycles. The minimum atomic E-state index is 0.309. The van der Waals surface area contributed by atoms with E-state index >= 15 is 0 Å². The number of rotatable bonds is 5. The third-order valence-corrected chi connectivity index (χ3v) is 2.77. The van der Waals surface area contributed by atoms with Crippen molar-refractivity contribution in [3.63, 3.8) is 0 Å². The average molecular weight is 224 g/mol. The highest BCUT2D eigenvalue weighted by molar-refractivity contribution is 5.00. The van der Waals surface area contributed by atoms with Gasteiger partial charge in [-0.2, -0.15) is 5.10 Å². The normalized spacial score (nSPS) is 14.1. The summed E-state index contributed by atoms with van der Waals surface area (Å²) in [5.74, 6) is 5.59. The van der Waals surface area contributed by atoms with E-state index in [-0.39, 0.29) is 0 Å². The molecule has 0 fully saturated rings. The summed E-state index contributed by atoms with van der Waals surface area (Å²) in [5.41, 5.74) is 4.48. The summed E-state index contributed by atoms with van der Waals surface area (Å²) in [6.45, 7) is 6.71. The molecule has 0 aliphatic heterocycles. The lowest BCUT2D eigenvalue weighted by atomic mass is 9.86. The van der Waals surface area contributed by atoms with Gasteiger partial charge in [0, 0.05) is 25.0 Å². The van der Waals surface area contributed by atoms with E-state index in [1.54, 1.807) is 0 Å². The largest absolute Gasteiger partial charge is 0.273 e. The minimum Gasteiger partial charge on any atom is -0.273 e. The second-order valence-electron chi connectivity index (χ2n) is 5.61. The number of hydrazine groups is 1. The molecular weight excluding hydrogens is 200 g/mol. The maximum absolute atomic E-state index is 5.59. The van der Waals surface area contributed by atoms with Crippen molar-refractivity contribution in [1.29, 1.82) is 0 Å². The quantitative estimate of drug-likeness (QED) is 0.590. The molecule has 1 heterocycles. The second kappa shape index (κ2) is 5.46. The standard InChI is InChI=1S/C12H24N4/c1-12(2,3)9-10(15-13)5-6-11-7-8-14-16(11)4/h7-8,10,15H,5-6,9,13H2,1-4H3. The van der Waals surface area contributed by atoms with Crippen LogP contribution >= 0.6 is 0 Å². The Bertz CT molecular complexity index is 311. The summed E-state index contributed by atoms with van der Waals surface area (Å²) in [7, 11) is 1.98. The lowest BCUT2D eigenvalue weighted by Gasteiger charge is -2.25. The Kier molecular flexibility index (Phi) is 4.50. The van der Waals surface area contributed by atoms with Gasteiger partial charge >= 0.3 is 0 Å². The fraction of sp³-hybridized carbons (Fsp3) is 0.750. The van der Waals surface area contributed by atoms with Crippen LogP contribution in [-0.4, -0.2) is 15.8 Å². The molecule has 0 spiro atoms. The molecule has 0 radical (unpaired) electrons. The lowest BCUT2D eigenvalue weighted by Crippen LogP contribution is -2.38. The monoisotopic (exact) mass is 224 g/mol. The molecule has 0 aliphatic carbocycles. The van der Waals surface area contributed by atoms with Gasteiger partial charge in [-0.25, -0.2) is 0 Å². The summed E-state index contributed by atoms with van der Waals surface area (Å²) in [6.07, 6.45) is 4.99. The Hall–Kier alpha value is -0.870. The Labute approximate surface area is 98.2 Å².